The van der Waals surface area contributed by atoms with Gasteiger partial charge in [0.2, 0.25) is 0 Å². The number of pyridine rings is 1. The lowest BCUT2D eigenvalue weighted by atomic mass is 9.41. The van der Waals surface area contributed by atoms with Crippen molar-refractivity contribution in [3.8, 4) is 45.4 Å². The van der Waals surface area contributed by atoms with Crippen molar-refractivity contribution in [3.05, 3.63) is 175 Å². The van der Waals surface area contributed by atoms with E-state index in [0.29, 0.717) is 29.3 Å². The Hall–Kier alpha value is -6.46. The highest BCUT2D eigenvalue weighted by molar-refractivity contribution is 6.04. The molecule has 5 aliphatic rings. The molecule has 5 nitrogen and oxygen atoms in total. The number of fused-ring (bicyclic) bond motifs is 3. The summed E-state index contributed by atoms with van der Waals surface area (Å²) in [5, 5.41) is 2.30. The molecule has 4 fully saturated rings. The van der Waals surface area contributed by atoms with E-state index >= 15 is 0 Å². The van der Waals surface area contributed by atoms with E-state index in [9.17, 15) is 0 Å². The van der Waals surface area contributed by atoms with Crippen LogP contribution in [-0.4, -0.2) is 19.9 Å². The normalized spacial score (nSPS) is 22.8. The summed E-state index contributed by atoms with van der Waals surface area (Å²) < 4.78 is 0. The van der Waals surface area contributed by atoms with Crippen LogP contribution in [0.2, 0.25) is 0 Å². The number of aromatic nitrogens is 4. The van der Waals surface area contributed by atoms with Gasteiger partial charge in [0.25, 0.3) is 0 Å². The predicted octanol–water partition coefficient (Wildman–Crippen LogP) is 12.6. The first-order chi connectivity index (χ1) is 28.2. The predicted molar refractivity (Wildman–Crippen MR) is 229 cm³/mol. The molecule has 1 aliphatic heterocycles. The molecule has 5 heteroatoms. The van der Waals surface area contributed by atoms with Crippen molar-refractivity contribution in [3.63, 3.8) is 0 Å². The largest absolute Gasteiger partial charge is 0.310 e. The lowest BCUT2D eigenvalue weighted by Gasteiger charge is -2.64. The number of rotatable bonds is 5. The zero-order valence-corrected chi connectivity index (χ0v) is 31.7. The molecule has 0 amide bonds. The molecule has 0 atom stereocenters. The molecule has 0 saturated heterocycles. The number of para-hydroxylation sites is 2. The van der Waals surface area contributed by atoms with Crippen LogP contribution in [0.1, 0.15) is 43.2 Å². The number of hydrogen-bond donors (Lipinski definition) is 0. The van der Waals surface area contributed by atoms with E-state index < -0.39 is 0 Å². The molecule has 6 aromatic carbocycles. The highest BCUT2D eigenvalue weighted by Crippen LogP contribution is 2.69. The SMILES string of the molecule is c1ccc(-c2nc(-c3ccccn3)nc(-c3ccc(-c4ccc5c(c4)C4(c6ccccc6N5c5ccccc5)C5CC6CC(C5)CC4C6)c4ccccc34)n2)cc1. The summed E-state index contributed by atoms with van der Waals surface area (Å²) in [4.78, 5) is 22.3. The average Bonchev–Trinajstić information content (AvgIpc) is 3.27. The van der Waals surface area contributed by atoms with Crippen LogP contribution in [0.25, 0.3) is 56.2 Å². The maximum absolute atomic E-state index is 5.11. The van der Waals surface area contributed by atoms with E-state index in [1.165, 1.54) is 76.8 Å². The Morgan fingerprint density at radius 2 is 1.07 bits per heavy atom. The summed E-state index contributed by atoms with van der Waals surface area (Å²) in [6.45, 7) is 0. The van der Waals surface area contributed by atoms with Crippen molar-refractivity contribution in [2.75, 3.05) is 4.90 Å². The molecular formula is C52H41N5. The van der Waals surface area contributed by atoms with E-state index in [1.807, 2.05) is 48.5 Å². The molecule has 8 aromatic rings. The smallest absolute Gasteiger partial charge is 0.182 e. The van der Waals surface area contributed by atoms with E-state index in [2.05, 4.69) is 119 Å². The summed E-state index contributed by atoms with van der Waals surface area (Å²) >= 11 is 0. The highest BCUT2D eigenvalue weighted by Gasteiger charge is 2.61. The standard InChI is InChI=1S/C52H41N5/c1-3-13-35(14-4-1)49-54-50(56-51(55-49)46-20-11-12-26-53-46)43-24-23-40(41-17-7-8-18-42(41)43)36-22-25-48-45(32-36)52(37-28-33-27-34(30-37)31-38(52)29-33)44-19-9-10-21-47(44)57(48)39-15-5-2-6-16-39/h1-26,32-34,37-38H,27-31H2. The fraction of sp³-hybridized carbons (Fsp3) is 0.192. The Morgan fingerprint density at radius 1 is 0.456 bits per heavy atom. The van der Waals surface area contributed by atoms with Crippen LogP contribution in [0.3, 0.4) is 0 Å². The van der Waals surface area contributed by atoms with Crippen molar-refractivity contribution >= 4 is 27.8 Å². The third-order valence-corrected chi connectivity index (χ3v) is 13.8. The van der Waals surface area contributed by atoms with Crippen molar-refractivity contribution in [1.82, 2.24) is 19.9 Å². The maximum Gasteiger partial charge on any atom is 0.182 e. The van der Waals surface area contributed by atoms with E-state index in [1.54, 1.807) is 6.20 Å². The van der Waals surface area contributed by atoms with Gasteiger partial charge in [-0.15, -0.1) is 0 Å². The first-order valence-corrected chi connectivity index (χ1v) is 20.6. The van der Waals surface area contributed by atoms with Crippen LogP contribution in [-0.2, 0) is 5.41 Å². The van der Waals surface area contributed by atoms with Gasteiger partial charge >= 0.3 is 0 Å². The van der Waals surface area contributed by atoms with Gasteiger partial charge in [0.1, 0.15) is 5.69 Å². The summed E-state index contributed by atoms with van der Waals surface area (Å²) in [5.74, 6) is 4.88. The average molecular weight is 736 g/mol. The summed E-state index contributed by atoms with van der Waals surface area (Å²) in [6.07, 6.45) is 8.58. The van der Waals surface area contributed by atoms with Gasteiger partial charge in [-0.25, -0.2) is 15.0 Å². The fourth-order valence-corrected chi connectivity index (χ4v) is 11.8. The Bertz CT molecular complexity index is 2730. The van der Waals surface area contributed by atoms with Gasteiger partial charge in [0.15, 0.2) is 17.5 Å². The maximum atomic E-state index is 5.11. The third-order valence-electron chi connectivity index (χ3n) is 13.8. The van der Waals surface area contributed by atoms with Gasteiger partial charge in [-0.2, -0.15) is 0 Å². The van der Waals surface area contributed by atoms with Crippen molar-refractivity contribution in [2.24, 2.45) is 23.7 Å². The molecule has 0 N–H and O–H groups in total. The van der Waals surface area contributed by atoms with Gasteiger partial charge in [0, 0.05) is 28.4 Å². The molecule has 0 radical (unpaired) electrons. The lowest BCUT2D eigenvalue weighted by molar-refractivity contribution is -0.0419. The van der Waals surface area contributed by atoms with Gasteiger partial charge in [0.05, 0.1) is 11.4 Å². The minimum absolute atomic E-state index is 0.00300. The quantitative estimate of drug-likeness (QED) is 0.176. The number of hydrogen-bond acceptors (Lipinski definition) is 5. The monoisotopic (exact) mass is 735 g/mol. The minimum Gasteiger partial charge on any atom is -0.310 e. The van der Waals surface area contributed by atoms with Crippen LogP contribution in [0.4, 0.5) is 17.1 Å². The van der Waals surface area contributed by atoms with Crippen LogP contribution < -0.4 is 4.90 Å². The minimum atomic E-state index is -0.00300. The van der Waals surface area contributed by atoms with Gasteiger partial charge in [-0.1, -0.05) is 109 Å². The van der Waals surface area contributed by atoms with Crippen LogP contribution in [0.15, 0.2) is 164 Å². The molecular weight excluding hydrogens is 695 g/mol. The molecule has 4 aliphatic carbocycles. The zero-order valence-electron chi connectivity index (χ0n) is 31.7. The van der Waals surface area contributed by atoms with E-state index in [-0.39, 0.29) is 5.41 Å². The Kier molecular flexibility index (Phi) is 7.35. The number of anilines is 3. The fourth-order valence-electron chi connectivity index (χ4n) is 11.8. The van der Waals surface area contributed by atoms with Crippen LogP contribution in [0, 0.1) is 23.7 Å². The molecule has 4 saturated carbocycles. The molecule has 4 bridgehead atoms. The molecule has 57 heavy (non-hydrogen) atoms. The Balaban J connectivity index is 1.06. The third kappa shape index (κ3) is 5.01. The Morgan fingerprint density at radius 3 is 1.82 bits per heavy atom. The summed E-state index contributed by atoms with van der Waals surface area (Å²) in [7, 11) is 0. The second-order valence-electron chi connectivity index (χ2n) is 16.7. The topological polar surface area (TPSA) is 54.8 Å². The molecule has 2 aromatic heterocycles. The molecule has 0 unspecified atom stereocenters. The first kappa shape index (κ1) is 32.8. The zero-order chi connectivity index (χ0) is 37.5. The molecule has 1 spiro atoms. The molecule has 274 valence electrons. The van der Waals surface area contributed by atoms with Gasteiger partial charge in [-0.05, 0) is 137 Å². The van der Waals surface area contributed by atoms with Crippen molar-refractivity contribution in [1.29, 1.82) is 0 Å². The summed E-state index contributed by atoms with van der Waals surface area (Å²) in [5.41, 5.74) is 12.1. The van der Waals surface area contributed by atoms with Crippen LogP contribution >= 0.6 is 0 Å². The van der Waals surface area contributed by atoms with Crippen molar-refractivity contribution in [2.45, 2.75) is 37.5 Å². The molecule has 3 heterocycles. The summed E-state index contributed by atoms with van der Waals surface area (Å²) in [6, 6.07) is 57.0. The molecule has 13 rings (SSSR count). The second-order valence-corrected chi connectivity index (χ2v) is 16.7. The number of benzene rings is 6. The van der Waals surface area contributed by atoms with Crippen molar-refractivity contribution < 1.29 is 0 Å². The lowest BCUT2D eigenvalue weighted by Crippen LogP contribution is -2.57. The van der Waals surface area contributed by atoms with Gasteiger partial charge in [-0.3, -0.25) is 4.98 Å². The van der Waals surface area contributed by atoms with Crippen LogP contribution in [0.5, 0.6) is 0 Å². The van der Waals surface area contributed by atoms with E-state index in [4.69, 9.17) is 15.0 Å². The number of nitrogens with zero attached hydrogens (tertiary/aromatic N) is 5. The Labute approximate surface area is 333 Å². The van der Waals surface area contributed by atoms with E-state index in [0.717, 1.165) is 34.0 Å². The second kappa shape index (κ2) is 12.8. The first-order valence-electron chi connectivity index (χ1n) is 20.6. The highest BCUT2D eigenvalue weighted by atomic mass is 15.2. The van der Waals surface area contributed by atoms with Gasteiger partial charge < -0.3 is 4.90 Å².